The molecule has 0 saturated heterocycles. The highest BCUT2D eigenvalue weighted by Gasteiger charge is 2.52. The summed E-state index contributed by atoms with van der Waals surface area (Å²) in [6, 6.07) is 9.64. The van der Waals surface area contributed by atoms with Gasteiger partial charge in [-0.2, -0.15) is 0 Å². The maximum atomic E-state index is 12.6. The molecule has 22 heavy (non-hydrogen) atoms. The highest BCUT2D eigenvalue weighted by atomic mass is 16.3. The Labute approximate surface area is 131 Å². The van der Waals surface area contributed by atoms with E-state index in [9.17, 15) is 14.7 Å². The highest BCUT2D eigenvalue weighted by Crippen LogP contribution is 2.43. The molecule has 1 N–H and O–H groups in total. The number of benzene rings is 1. The van der Waals surface area contributed by atoms with Crippen molar-refractivity contribution in [1.29, 1.82) is 0 Å². The Kier molecular flexibility index (Phi) is 3.86. The van der Waals surface area contributed by atoms with Crippen molar-refractivity contribution in [3.63, 3.8) is 0 Å². The third kappa shape index (κ3) is 2.41. The maximum Gasteiger partial charge on any atom is 0.179 e. The first-order valence-electron chi connectivity index (χ1n) is 7.37. The van der Waals surface area contributed by atoms with Crippen molar-refractivity contribution in [1.82, 2.24) is 0 Å². The van der Waals surface area contributed by atoms with E-state index in [0.717, 1.165) is 11.1 Å². The summed E-state index contributed by atoms with van der Waals surface area (Å²) in [5.41, 5.74) is -0.103. The van der Waals surface area contributed by atoms with Crippen molar-refractivity contribution < 1.29 is 14.7 Å². The molecule has 0 unspecified atom stereocenters. The van der Waals surface area contributed by atoms with E-state index in [-0.39, 0.29) is 22.9 Å². The number of aliphatic hydroxyl groups excluding tert-OH is 1. The number of hydrogen-bond acceptors (Lipinski definition) is 3. The molecule has 0 spiro atoms. The molecule has 0 aromatic heterocycles. The lowest BCUT2D eigenvalue weighted by Crippen LogP contribution is -2.48. The lowest BCUT2D eigenvalue weighted by Gasteiger charge is -2.37. The summed E-state index contributed by atoms with van der Waals surface area (Å²) in [5, 5.41) is 10.5. The van der Waals surface area contributed by atoms with E-state index in [1.807, 2.05) is 37.3 Å². The van der Waals surface area contributed by atoms with Crippen LogP contribution in [0.25, 0.3) is 5.57 Å². The normalized spacial score (nSPS) is 21.2. The molecule has 1 aromatic rings. The van der Waals surface area contributed by atoms with E-state index in [0.29, 0.717) is 0 Å². The van der Waals surface area contributed by atoms with Crippen LogP contribution < -0.4 is 0 Å². The second-order valence-corrected chi connectivity index (χ2v) is 6.86. The number of allylic oxidation sites excluding steroid dienone is 4. The number of aliphatic hydroxyl groups is 1. The van der Waals surface area contributed by atoms with E-state index < -0.39 is 10.8 Å². The summed E-state index contributed by atoms with van der Waals surface area (Å²) >= 11 is 0. The van der Waals surface area contributed by atoms with Gasteiger partial charge in [0.2, 0.25) is 0 Å². The van der Waals surface area contributed by atoms with Gasteiger partial charge in [-0.1, -0.05) is 30.3 Å². The van der Waals surface area contributed by atoms with Crippen LogP contribution in [0.15, 0.2) is 47.7 Å². The van der Waals surface area contributed by atoms with Gasteiger partial charge in [-0.25, -0.2) is 0 Å². The molecule has 3 nitrogen and oxygen atoms in total. The Morgan fingerprint density at radius 2 is 1.55 bits per heavy atom. The van der Waals surface area contributed by atoms with E-state index >= 15 is 0 Å². The molecule has 0 aliphatic heterocycles. The third-order valence-corrected chi connectivity index (χ3v) is 4.38. The number of ketones is 2. The van der Waals surface area contributed by atoms with Crippen molar-refractivity contribution in [2.24, 2.45) is 10.8 Å². The molecule has 0 bridgehead atoms. The number of carbonyl (C=O) groups is 2. The smallest absolute Gasteiger partial charge is 0.179 e. The van der Waals surface area contributed by atoms with Crippen LogP contribution in [-0.2, 0) is 9.59 Å². The summed E-state index contributed by atoms with van der Waals surface area (Å²) < 4.78 is 0. The first-order valence-corrected chi connectivity index (χ1v) is 7.37. The highest BCUT2D eigenvalue weighted by molar-refractivity contribution is 6.20. The van der Waals surface area contributed by atoms with Crippen LogP contribution in [0.1, 0.15) is 40.2 Å². The lowest BCUT2D eigenvalue weighted by atomic mass is 9.63. The van der Waals surface area contributed by atoms with Crippen LogP contribution in [0.2, 0.25) is 0 Å². The Morgan fingerprint density at radius 1 is 1.00 bits per heavy atom. The zero-order valence-corrected chi connectivity index (χ0v) is 13.7. The van der Waals surface area contributed by atoms with Gasteiger partial charge in [0.05, 0.1) is 16.4 Å². The topological polar surface area (TPSA) is 54.4 Å². The van der Waals surface area contributed by atoms with Crippen LogP contribution in [0.3, 0.4) is 0 Å². The molecule has 0 saturated carbocycles. The van der Waals surface area contributed by atoms with Gasteiger partial charge in [-0.15, -0.1) is 0 Å². The molecule has 116 valence electrons. The van der Waals surface area contributed by atoms with E-state index in [2.05, 4.69) is 0 Å². The number of Topliss-reactive ketones (excluding diaryl/α,β-unsaturated/α-hetero) is 2. The Morgan fingerprint density at radius 3 is 2.09 bits per heavy atom. The molecule has 1 aromatic carbocycles. The summed E-state index contributed by atoms with van der Waals surface area (Å²) in [5.74, 6) is -0.723. The number of carbonyl (C=O) groups excluding carboxylic acids is 2. The molecule has 0 radical (unpaired) electrons. The second kappa shape index (κ2) is 5.24. The molecule has 2 rings (SSSR count). The van der Waals surface area contributed by atoms with Crippen molar-refractivity contribution in [2.45, 2.75) is 34.6 Å². The predicted octanol–water partition coefficient (Wildman–Crippen LogP) is 4.11. The summed E-state index contributed by atoms with van der Waals surface area (Å²) in [6.45, 7) is 8.45. The average Bonchev–Trinajstić information content (AvgIpc) is 2.49. The van der Waals surface area contributed by atoms with Crippen LogP contribution in [-0.4, -0.2) is 16.7 Å². The average molecular weight is 298 g/mol. The van der Waals surface area contributed by atoms with Gasteiger partial charge < -0.3 is 5.11 Å². The first kappa shape index (κ1) is 16.2. The van der Waals surface area contributed by atoms with Gasteiger partial charge in [0.25, 0.3) is 0 Å². The molecule has 0 heterocycles. The number of rotatable bonds is 2. The van der Waals surface area contributed by atoms with E-state index in [1.54, 1.807) is 33.8 Å². The molecular weight excluding hydrogens is 276 g/mol. The zero-order chi connectivity index (χ0) is 16.7. The third-order valence-electron chi connectivity index (χ3n) is 4.38. The minimum Gasteiger partial charge on any atom is -0.511 e. The van der Waals surface area contributed by atoms with Crippen LogP contribution in [0, 0.1) is 10.8 Å². The van der Waals surface area contributed by atoms with Crippen molar-refractivity contribution in [3.05, 3.63) is 53.3 Å². The molecule has 1 aliphatic rings. The summed E-state index contributed by atoms with van der Waals surface area (Å²) in [7, 11) is 0. The molecular formula is C19H22O3. The van der Waals surface area contributed by atoms with Crippen molar-refractivity contribution >= 4 is 17.1 Å². The Bertz CT molecular complexity index is 689. The molecule has 0 amide bonds. The van der Waals surface area contributed by atoms with Crippen LogP contribution in [0.5, 0.6) is 0 Å². The van der Waals surface area contributed by atoms with Gasteiger partial charge in [0.1, 0.15) is 5.76 Å². The minimum atomic E-state index is -1.13. The largest absolute Gasteiger partial charge is 0.511 e. The quantitative estimate of drug-likeness (QED) is 0.836. The first-order chi connectivity index (χ1) is 10.1. The van der Waals surface area contributed by atoms with Gasteiger partial charge in [0.15, 0.2) is 11.6 Å². The van der Waals surface area contributed by atoms with Crippen molar-refractivity contribution in [3.8, 4) is 0 Å². The Hall–Kier alpha value is -2.16. The van der Waals surface area contributed by atoms with Crippen LogP contribution in [0.4, 0.5) is 0 Å². The molecule has 3 heteroatoms. The van der Waals surface area contributed by atoms with Gasteiger partial charge in [-0.3, -0.25) is 9.59 Å². The molecule has 0 fully saturated rings. The van der Waals surface area contributed by atoms with Gasteiger partial charge >= 0.3 is 0 Å². The standard InChI is InChI=1S/C19H22O3/c1-12(13-9-7-6-8-10-13)11-14-15(20)18(2,3)17(22)19(4,5)16(14)21/h6-11,20H,1-5H3/b12-11+. The van der Waals surface area contributed by atoms with Crippen molar-refractivity contribution in [2.75, 3.05) is 0 Å². The predicted molar refractivity (Wildman–Crippen MR) is 87.3 cm³/mol. The molecule has 0 atom stereocenters. The summed E-state index contributed by atoms with van der Waals surface area (Å²) in [6.07, 6.45) is 1.68. The minimum absolute atomic E-state index is 0.142. The lowest BCUT2D eigenvalue weighted by molar-refractivity contribution is -0.144. The molecule has 1 aliphatic carbocycles. The fourth-order valence-electron chi connectivity index (χ4n) is 2.91. The number of hydrogen-bond donors (Lipinski definition) is 1. The maximum absolute atomic E-state index is 12.6. The monoisotopic (exact) mass is 298 g/mol. The van der Waals surface area contributed by atoms with E-state index in [1.165, 1.54) is 0 Å². The fraction of sp³-hybridized carbons (Fsp3) is 0.368. The fourth-order valence-corrected chi connectivity index (χ4v) is 2.91. The second-order valence-electron chi connectivity index (χ2n) is 6.86. The van der Waals surface area contributed by atoms with Gasteiger partial charge in [0, 0.05) is 0 Å². The van der Waals surface area contributed by atoms with E-state index in [4.69, 9.17) is 0 Å². The van der Waals surface area contributed by atoms with Crippen LogP contribution >= 0.6 is 0 Å². The van der Waals surface area contributed by atoms with Gasteiger partial charge in [-0.05, 0) is 51.8 Å². The zero-order valence-electron chi connectivity index (χ0n) is 13.7. The SMILES string of the molecule is C/C(=C\C1=C(O)C(C)(C)C(=O)C(C)(C)C1=O)c1ccccc1. The Balaban J connectivity index is 2.60. The summed E-state index contributed by atoms with van der Waals surface area (Å²) in [4.78, 5) is 25.1.